The Morgan fingerprint density at radius 1 is 1.00 bits per heavy atom. The Hall–Kier alpha value is -0.0400. The molecule has 0 amide bonds. The Morgan fingerprint density at radius 2 is 1.30 bits per heavy atom. The Bertz CT molecular complexity index is 95.8. The first kappa shape index (κ1) is 9.96. The maximum absolute atomic E-state index is 9.97. The van der Waals surface area contributed by atoms with Crippen molar-refractivity contribution in [3.8, 4) is 0 Å². The minimum absolute atomic E-state index is 0.0104. The molecule has 62 valence electrons. The van der Waals surface area contributed by atoms with Crippen molar-refractivity contribution in [2.45, 2.75) is 53.1 Å². The number of rotatable bonds is 2. The second-order valence-electron chi connectivity index (χ2n) is 3.99. The first-order valence-electron chi connectivity index (χ1n) is 4.09. The smallest absolute Gasteiger partial charge is 0.0690 e. The van der Waals surface area contributed by atoms with Crippen LogP contribution in [0.4, 0.5) is 0 Å². The first-order valence-corrected chi connectivity index (χ1v) is 4.09. The van der Waals surface area contributed by atoms with E-state index in [4.69, 9.17) is 0 Å². The topological polar surface area (TPSA) is 20.2 Å². The zero-order valence-corrected chi connectivity index (χ0v) is 7.86. The SMILES string of the molecule is CCC(O)(CC)C(C)(C)C. The fourth-order valence-corrected chi connectivity index (χ4v) is 1.31. The molecule has 0 unspecified atom stereocenters. The summed E-state index contributed by atoms with van der Waals surface area (Å²) in [5.74, 6) is 0. The summed E-state index contributed by atoms with van der Waals surface area (Å²) in [4.78, 5) is 0. The van der Waals surface area contributed by atoms with E-state index in [2.05, 4.69) is 20.8 Å². The van der Waals surface area contributed by atoms with Crippen LogP contribution in [0.2, 0.25) is 0 Å². The van der Waals surface area contributed by atoms with Gasteiger partial charge in [-0.15, -0.1) is 0 Å². The number of hydrogen-bond acceptors (Lipinski definition) is 1. The highest BCUT2D eigenvalue weighted by molar-refractivity contribution is 4.87. The molecule has 0 saturated carbocycles. The minimum atomic E-state index is -0.479. The Balaban J connectivity index is 4.33. The van der Waals surface area contributed by atoms with Gasteiger partial charge in [0.1, 0.15) is 0 Å². The van der Waals surface area contributed by atoms with E-state index in [1.807, 2.05) is 13.8 Å². The second kappa shape index (κ2) is 2.91. The molecule has 1 N–H and O–H groups in total. The van der Waals surface area contributed by atoms with E-state index in [1.165, 1.54) is 0 Å². The van der Waals surface area contributed by atoms with E-state index in [9.17, 15) is 5.11 Å². The standard InChI is InChI=1S/C9H20O/c1-6-9(10,7-2)8(3,4)5/h10H,6-7H2,1-5H3. The van der Waals surface area contributed by atoms with Crippen molar-refractivity contribution >= 4 is 0 Å². The van der Waals surface area contributed by atoms with Gasteiger partial charge < -0.3 is 5.11 Å². The molecule has 0 heterocycles. The lowest BCUT2D eigenvalue weighted by atomic mass is 9.73. The molecule has 0 aliphatic heterocycles. The molecule has 10 heavy (non-hydrogen) atoms. The highest BCUT2D eigenvalue weighted by atomic mass is 16.3. The van der Waals surface area contributed by atoms with Crippen molar-refractivity contribution in [3.05, 3.63) is 0 Å². The normalized spacial score (nSPS) is 13.8. The van der Waals surface area contributed by atoms with Gasteiger partial charge in [-0.2, -0.15) is 0 Å². The van der Waals surface area contributed by atoms with Crippen molar-refractivity contribution < 1.29 is 5.11 Å². The minimum Gasteiger partial charge on any atom is -0.389 e. The van der Waals surface area contributed by atoms with Crippen LogP contribution in [0.5, 0.6) is 0 Å². The average molecular weight is 144 g/mol. The molecule has 0 aromatic carbocycles. The number of hydrogen-bond donors (Lipinski definition) is 1. The van der Waals surface area contributed by atoms with E-state index in [0.717, 1.165) is 12.8 Å². The van der Waals surface area contributed by atoms with Crippen LogP contribution in [0.3, 0.4) is 0 Å². The third-order valence-corrected chi connectivity index (χ3v) is 2.57. The van der Waals surface area contributed by atoms with E-state index in [-0.39, 0.29) is 5.41 Å². The van der Waals surface area contributed by atoms with E-state index in [0.29, 0.717) is 0 Å². The van der Waals surface area contributed by atoms with Crippen LogP contribution in [-0.2, 0) is 0 Å². The zero-order valence-electron chi connectivity index (χ0n) is 7.86. The molecule has 0 rings (SSSR count). The molecule has 0 aliphatic carbocycles. The summed E-state index contributed by atoms with van der Waals surface area (Å²) < 4.78 is 0. The predicted molar refractivity (Wildman–Crippen MR) is 45.0 cm³/mol. The summed E-state index contributed by atoms with van der Waals surface area (Å²) in [7, 11) is 0. The monoisotopic (exact) mass is 144 g/mol. The van der Waals surface area contributed by atoms with Crippen molar-refractivity contribution in [1.29, 1.82) is 0 Å². The van der Waals surface area contributed by atoms with Crippen molar-refractivity contribution in [2.24, 2.45) is 5.41 Å². The fourth-order valence-electron chi connectivity index (χ4n) is 1.31. The summed E-state index contributed by atoms with van der Waals surface area (Å²) in [5.41, 5.74) is -0.469. The van der Waals surface area contributed by atoms with Gasteiger partial charge in [-0.1, -0.05) is 34.6 Å². The maximum Gasteiger partial charge on any atom is 0.0690 e. The fraction of sp³-hybridized carbons (Fsp3) is 1.00. The molecule has 0 aliphatic rings. The third kappa shape index (κ3) is 1.72. The molecule has 0 atom stereocenters. The summed E-state index contributed by atoms with van der Waals surface area (Å²) in [6.45, 7) is 10.3. The lowest BCUT2D eigenvalue weighted by Gasteiger charge is -2.39. The predicted octanol–water partition coefficient (Wildman–Crippen LogP) is 2.58. The van der Waals surface area contributed by atoms with Gasteiger partial charge in [0.2, 0.25) is 0 Å². The molecule has 1 heteroatoms. The lowest BCUT2D eigenvalue weighted by molar-refractivity contribution is -0.0636. The van der Waals surface area contributed by atoms with Crippen LogP contribution < -0.4 is 0 Å². The number of aliphatic hydroxyl groups is 1. The van der Waals surface area contributed by atoms with Gasteiger partial charge in [0, 0.05) is 0 Å². The summed E-state index contributed by atoms with van der Waals surface area (Å²) in [6, 6.07) is 0. The van der Waals surface area contributed by atoms with E-state index in [1.54, 1.807) is 0 Å². The van der Waals surface area contributed by atoms with Crippen molar-refractivity contribution in [1.82, 2.24) is 0 Å². The van der Waals surface area contributed by atoms with Crippen LogP contribution in [0.25, 0.3) is 0 Å². The van der Waals surface area contributed by atoms with Gasteiger partial charge in [-0.25, -0.2) is 0 Å². The van der Waals surface area contributed by atoms with Crippen LogP contribution >= 0.6 is 0 Å². The van der Waals surface area contributed by atoms with Gasteiger partial charge in [-0.05, 0) is 18.3 Å². The maximum atomic E-state index is 9.97. The van der Waals surface area contributed by atoms with Crippen LogP contribution in [-0.4, -0.2) is 10.7 Å². The van der Waals surface area contributed by atoms with Gasteiger partial charge in [0.15, 0.2) is 0 Å². The average Bonchev–Trinajstić information content (AvgIpc) is 1.84. The Kier molecular flexibility index (Phi) is 2.90. The molecule has 0 radical (unpaired) electrons. The third-order valence-electron chi connectivity index (χ3n) is 2.57. The molecule has 0 aromatic rings. The molecule has 0 spiro atoms. The summed E-state index contributed by atoms with van der Waals surface area (Å²) in [5, 5.41) is 9.97. The van der Waals surface area contributed by atoms with Crippen LogP contribution in [0.1, 0.15) is 47.5 Å². The largest absolute Gasteiger partial charge is 0.389 e. The first-order chi connectivity index (χ1) is 4.37. The lowest BCUT2D eigenvalue weighted by Crippen LogP contribution is -2.41. The molecule has 0 aromatic heterocycles. The highest BCUT2D eigenvalue weighted by Gasteiger charge is 2.36. The van der Waals surface area contributed by atoms with Crippen molar-refractivity contribution in [3.63, 3.8) is 0 Å². The molecule has 0 fully saturated rings. The van der Waals surface area contributed by atoms with Crippen LogP contribution in [0, 0.1) is 5.41 Å². The summed E-state index contributed by atoms with van der Waals surface area (Å²) in [6.07, 6.45) is 1.68. The van der Waals surface area contributed by atoms with Crippen molar-refractivity contribution in [2.75, 3.05) is 0 Å². The van der Waals surface area contributed by atoms with Crippen LogP contribution in [0.15, 0.2) is 0 Å². The van der Waals surface area contributed by atoms with E-state index < -0.39 is 5.60 Å². The Labute approximate surface area is 64.5 Å². The van der Waals surface area contributed by atoms with Gasteiger partial charge in [0.25, 0.3) is 0 Å². The molecule has 1 nitrogen and oxygen atoms in total. The zero-order chi connectivity index (χ0) is 8.41. The highest BCUT2D eigenvalue weighted by Crippen LogP contribution is 2.35. The summed E-state index contributed by atoms with van der Waals surface area (Å²) >= 11 is 0. The quantitative estimate of drug-likeness (QED) is 0.631. The Morgan fingerprint density at radius 3 is 1.30 bits per heavy atom. The van der Waals surface area contributed by atoms with E-state index >= 15 is 0 Å². The van der Waals surface area contributed by atoms with Gasteiger partial charge in [0.05, 0.1) is 5.60 Å². The van der Waals surface area contributed by atoms with Gasteiger partial charge in [-0.3, -0.25) is 0 Å². The molecule has 0 saturated heterocycles. The molecular formula is C9H20O. The molecular weight excluding hydrogens is 124 g/mol. The van der Waals surface area contributed by atoms with Gasteiger partial charge >= 0.3 is 0 Å². The molecule has 0 bridgehead atoms. The second-order valence-corrected chi connectivity index (χ2v) is 3.99.